The Hall–Kier alpha value is -4.79. The van der Waals surface area contributed by atoms with Crippen LogP contribution >= 0.6 is 0 Å². The molecule has 5 rings (SSSR count). The fourth-order valence-corrected chi connectivity index (χ4v) is 4.55. The van der Waals surface area contributed by atoms with Crippen LogP contribution in [-0.4, -0.2) is 89.7 Å². The number of carbonyl (C=O) groups excluding carboxylic acids is 1. The third kappa shape index (κ3) is 6.26. The maximum absolute atomic E-state index is 12.4. The Kier molecular flexibility index (Phi) is 8.00. The lowest BCUT2D eigenvalue weighted by molar-refractivity contribution is -0.111. The minimum Gasteiger partial charge on any atom is -0.369 e. The molecule has 40 heavy (non-hydrogen) atoms. The first-order valence-corrected chi connectivity index (χ1v) is 13.1. The molecule has 11 heteroatoms. The van der Waals surface area contributed by atoms with Crippen molar-refractivity contribution in [2.24, 2.45) is 0 Å². The summed E-state index contributed by atoms with van der Waals surface area (Å²) in [7, 11) is 6.01. The van der Waals surface area contributed by atoms with Gasteiger partial charge in [0.25, 0.3) is 0 Å². The first kappa shape index (κ1) is 26.8. The number of hydrogen-bond acceptors (Lipinski definition) is 9. The molecule has 3 N–H and O–H groups in total. The number of nitriles is 1. The van der Waals surface area contributed by atoms with E-state index < -0.39 is 0 Å². The minimum atomic E-state index is -0.226. The number of aromatic amines is 1. The number of benzene rings is 2. The molecule has 0 radical (unpaired) electrons. The standard InChI is InChI=1S/C29H32N10O/c1-37(2)12-6-11-25(40)31-21-8-4-7-20(17-21)27-26-24(19-30)35-36-28(26)34-29(33-27)32-22-9-5-10-23(18-22)39-15-13-38(3)14-16-39/h4-11,17-18H,12-16H2,1-3H3,(H,31,40)(H2,32,33,34,35,36)/b11-6+. The molecule has 11 nitrogen and oxygen atoms in total. The summed E-state index contributed by atoms with van der Waals surface area (Å²) in [6.07, 6.45) is 3.31. The predicted octanol–water partition coefficient (Wildman–Crippen LogP) is 3.44. The third-order valence-electron chi connectivity index (χ3n) is 6.64. The van der Waals surface area contributed by atoms with Gasteiger partial charge in [-0.1, -0.05) is 24.3 Å². The molecular weight excluding hydrogens is 504 g/mol. The highest BCUT2D eigenvalue weighted by atomic mass is 16.1. The van der Waals surface area contributed by atoms with Crippen LogP contribution in [0.15, 0.2) is 60.7 Å². The van der Waals surface area contributed by atoms with E-state index >= 15 is 0 Å². The third-order valence-corrected chi connectivity index (χ3v) is 6.64. The highest BCUT2D eigenvalue weighted by molar-refractivity contribution is 6.00. The van der Waals surface area contributed by atoms with E-state index in [0.29, 0.717) is 34.9 Å². The maximum Gasteiger partial charge on any atom is 0.248 e. The molecule has 1 saturated heterocycles. The predicted molar refractivity (Wildman–Crippen MR) is 158 cm³/mol. The van der Waals surface area contributed by atoms with Gasteiger partial charge in [-0.25, -0.2) is 4.98 Å². The Bertz CT molecular complexity index is 1580. The number of nitrogens with one attached hydrogen (secondary N) is 3. The van der Waals surface area contributed by atoms with Crippen LogP contribution in [0.4, 0.5) is 23.0 Å². The molecule has 1 aliphatic heterocycles. The fourth-order valence-electron chi connectivity index (χ4n) is 4.55. The molecular formula is C29H32N10O. The molecule has 0 spiro atoms. The number of hydrogen-bond donors (Lipinski definition) is 3. The van der Waals surface area contributed by atoms with Gasteiger partial charge < -0.3 is 25.3 Å². The SMILES string of the molecule is CN(C)C/C=C/C(=O)Nc1cccc(-c2nc(Nc3cccc(N4CCN(C)CC4)c3)nc3[nH]nc(C#N)c23)c1. The summed E-state index contributed by atoms with van der Waals surface area (Å²) in [6.45, 7) is 4.64. The van der Waals surface area contributed by atoms with Crippen LogP contribution in [0.25, 0.3) is 22.3 Å². The summed E-state index contributed by atoms with van der Waals surface area (Å²) in [6, 6.07) is 17.7. The number of H-pyrrole nitrogens is 1. The minimum absolute atomic E-state index is 0.203. The number of rotatable bonds is 8. The molecule has 2 aromatic carbocycles. The highest BCUT2D eigenvalue weighted by Gasteiger charge is 2.18. The normalized spacial score (nSPS) is 14.1. The molecule has 1 aliphatic rings. The lowest BCUT2D eigenvalue weighted by atomic mass is 10.1. The van der Waals surface area contributed by atoms with E-state index in [1.165, 1.54) is 6.08 Å². The summed E-state index contributed by atoms with van der Waals surface area (Å²) in [4.78, 5) is 28.5. The molecule has 0 saturated carbocycles. The molecule has 0 unspecified atom stereocenters. The van der Waals surface area contributed by atoms with Crippen LogP contribution in [0, 0.1) is 11.3 Å². The number of fused-ring (bicyclic) bond motifs is 1. The smallest absolute Gasteiger partial charge is 0.248 e. The van der Waals surface area contributed by atoms with Crippen LogP contribution in [0.5, 0.6) is 0 Å². The number of carbonyl (C=O) groups is 1. The summed E-state index contributed by atoms with van der Waals surface area (Å²) in [5.74, 6) is 0.141. The quantitative estimate of drug-likeness (QED) is 0.290. The number of aromatic nitrogens is 4. The van der Waals surface area contributed by atoms with Crippen LogP contribution in [0.1, 0.15) is 5.69 Å². The topological polar surface area (TPSA) is 129 Å². The van der Waals surface area contributed by atoms with Gasteiger partial charge in [-0.05, 0) is 51.5 Å². The second-order valence-corrected chi connectivity index (χ2v) is 10.0. The number of amides is 1. The van der Waals surface area contributed by atoms with Gasteiger partial charge in [0.05, 0.1) is 11.1 Å². The van der Waals surface area contributed by atoms with Crippen LogP contribution in [0.3, 0.4) is 0 Å². The van der Waals surface area contributed by atoms with Crippen LogP contribution in [0.2, 0.25) is 0 Å². The largest absolute Gasteiger partial charge is 0.369 e. The van der Waals surface area contributed by atoms with Gasteiger partial charge >= 0.3 is 0 Å². The molecule has 0 aliphatic carbocycles. The Morgan fingerprint density at radius 1 is 1.10 bits per heavy atom. The monoisotopic (exact) mass is 536 g/mol. The summed E-state index contributed by atoms with van der Waals surface area (Å²) in [5, 5.41) is 23.4. The van der Waals surface area contributed by atoms with Gasteiger partial charge in [-0.2, -0.15) is 15.3 Å². The van der Waals surface area contributed by atoms with Crippen molar-refractivity contribution in [1.29, 1.82) is 5.26 Å². The average Bonchev–Trinajstić information content (AvgIpc) is 3.36. The van der Waals surface area contributed by atoms with E-state index in [1.54, 1.807) is 6.08 Å². The summed E-state index contributed by atoms with van der Waals surface area (Å²) >= 11 is 0. The zero-order valence-corrected chi connectivity index (χ0v) is 22.8. The molecule has 1 fully saturated rings. The van der Waals surface area contributed by atoms with Gasteiger partial charge in [0.2, 0.25) is 11.9 Å². The van der Waals surface area contributed by atoms with Crippen molar-refractivity contribution in [3.8, 4) is 17.3 Å². The zero-order valence-electron chi connectivity index (χ0n) is 22.8. The lowest BCUT2D eigenvalue weighted by Gasteiger charge is -2.34. The van der Waals surface area contributed by atoms with Gasteiger partial charge in [0.15, 0.2) is 11.3 Å². The maximum atomic E-state index is 12.4. The second-order valence-electron chi connectivity index (χ2n) is 10.0. The van der Waals surface area contributed by atoms with Crippen molar-refractivity contribution < 1.29 is 4.79 Å². The van der Waals surface area contributed by atoms with E-state index in [9.17, 15) is 10.1 Å². The number of piperazine rings is 1. The second kappa shape index (κ2) is 11.9. The van der Waals surface area contributed by atoms with Gasteiger partial charge in [0, 0.05) is 61.4 Å². The van der Waals surface area contributed by atoms with E-state index in [1.807, 2.05) is 55.4 Å². The van der Waals surface area contributed by atoms with E-state index in [0.717, 1.165) is 43.1 Å². The zero-order chi connectivity index (χ0) is 28.1. The van der Waals surface area contributed by atoms with Crippen molar-refractivity contribution in [3.63, 3.8) is 0 Å². The summed E-state index contributed by atoms with van der Waals surface area (Å²) < 4.78 is 0. The van der Waals surface area contributed by atoms with Crippen molar-refractivity contribution in [3.05, 3.63) is 66.4 Å². The molecule has 1 amide bonds. The fraction of sp³-hybridized carbons (Fsp3) is 0.276. The molecule has 0 atom stereocenters. The Morgan fingerprint density at radius 2 is 1.88 bits per heavy atom. The molecule has 3 heterocycles. The lowest BCUT2D eigenvalue weighted by Crippen LogP contribution is -2.44. The Balaban J connectivity index is 1.44. The van der Waals surface area contributed by atoms with Gasteiger partial charge in [-0.15, -0.1) is 0 Å². The van der Waals surface area contributed by atoms with Crippen molar-refractivity contribution in [1.82, 2.24) is 30.0 Å². The van der Waals surface area contributed by atoms with Crippen molar-refractivity contribution >= 4 is 40.0 Å². The number of nitrogens with zero attached hydrogens (tertiary/aromatic N) is 7. The molecule has 0 bridgehead atoms. The molecule has 2 aromatic heterocycles. The number of anilines is 4. The van der Waals surface area contributed by atoms with E-state index in [4.69, 9.17) is 4.98 Å². The first-order valence-electron chi connectivity index (χ1n) is 13.1. The average molecular weight is 537 g/mol. The van der Waals surface area contributed by atoms with Gasteiger partial charge in [-0.3, -0.25) is 9.89 Å². The summed E-state index contributed by atoms with van der Waals surface area (Å²) in [5.41, 5.74) is 4.50. The Morgan fingerprint density at radius 3 is 2.65 bits per heavy atom. The molecule has 204 valence electrons. The van der Waals surface area contributed by atoms with Gasteiger partial charge in [0.1, 0.15) is 6.07 Å². The van der Waals surface area contributed by atoms with Crippen molar-refractivity contribution in [2.75, 3.05) is 69.4 Å². The van der Waals surface area contributed by atoms with E-state index in [2.05, 4.69) is 60.9 Å². The highest BCUT2D eigenvalue weighted by Crippen LogP contribution is 2.31. The van der Waals surface area contributed by atoms with E-state index in [-0.39, 0.29) is 11.6 Å². The number of likely N-dealkylation sites (N-methyl/N-ethyl adjacent to an activating group) is 2. The Labute approximate surface area is 233 Å². The first-order chi connectivity index (χ1) is 19.4. The molecule has 4 aromatic rings. The van der Waals surface area contributed by atoms with Crippen LogP contribution in [-0.2, 0) is 4.79 Å². The van der Waals surface area contributed by atoms with Crippen LogP contribution < -0.4 is 15.5 Å². The van der Waals surface area contributed by atoms with Crippen molar-refractivity contribution in [2.45, 2.75) is 0 Å².